The summed E-state index contributed by atoms with van der Waals surface area (Å²) < 4.78 is 0. The van der Waals surface area contributed by atoms with Gasteiger partial charge in [-0.3, -0.25) is 9.59 Å². The maximum Gasteiger partial charge on any atom is 0.325 e. The summed E-state index contributed by atoms with van der Waals surface area (Å²) in [7, 11) is 0. The Morgan fingerprint density at radius 3 is 2.62 bits per heavy atom. The molecule has 0 unspecified atom stereocenters. The van der Waals surface area contributed by atoms with Gasteiger partial charge in [0.25, 0.3) is 0 Å². The molecule has 0 radical (unpaired) electrons. The Morgan fingerprint density at radius 1 is 1.19 bits per heavy atom. The van der Waals surface area contributed by atoms with E-state index >= 15 is 0 Å². The second-order valence-electron chi connectivity index (χ2n) is 6.08. The molecule has 0 aliphatic heterocycles. The van der Waals surface area contributed by atoms with Crippen LogP contribution < -0.4 is 10.6 Å². The molecule has 1 atom stereocenters. The number of H-pyrrole nitrogens is 1. The average Bonchev–Trinajstić information content (AvgIpc) is 2.99. The molecule has 1 heterocycles. The van der Waals surface area contributed by atoms with E-state index in [0.717, 1.165) is 28.5 Å². The Morgan fingerprint density at radius 2 is 1.92 bits per heavy atom. The van der Waals surface area contributed by atoms with Crippen LogP contribution in [0.5, 0.6) is 0 Å². The number of rotatable bonds is 7. The van der Waals surface area contributed by atoms with Crippen LogP contribution >= 0.6 is 0 Å². The first kappa shape index (κ1) is 17.5. The lowest BCUT2D eigenvalue weighted by Crippen LogP contribution is -2.25. The number of aromatic amines is 1. The smallest absolute Gasteiger partial charge is 0.325 e. The molecule has 2 aromatic carbocycles. The van der Waals surface area contributed by atoms with Crippen molar-refractivity contribution < 1.29 is 14.7 Å². The number of hydrogen-bond acceptors (Lipinski definition) is 3. The van der Waals surface area contributed by atoms with E-state index in [0.29, 0.717) is 17.9 Å². The molecule has 6 heteroatoms. The minimum atomic E-state index is -0.970. The molecule has 0 saturated carbocycles. The number of anilines is 2. The fourth-order valence-corrected chi connectivity index (χ4v) is 3.15. The lowest BCUT2D eigenvalue weighted by molar-refractivity contribution is -0.137. The summed E-state index contributed by atoms with van der Waals surface area (Å²) in [5.41, 5.74) is 4.66. The summed E-state index contributed by atoms with van der Waals surface area (Å²) in [4.78, 5) is 25.5. The Labute approximate surface area is 151 Å². The zero-order valence-corrected chi connectivity index (χ0v) is 14.7. The minimum absolute atomic E-state index is 0.449. The van der Waals surface area contributed by atoms with Crippen LogP contribution in [-0.4, -0.2) is 28.5 Å². The van der Waals surface area contributed by atoms with E-state index in [9.17, 15) is 14.7 Å². The van der Waals surface area contributed by atoms with Gasteiger partial charge in [0.1, 0.15) is 11.9 Å². The fraction of sp³-hybridized carbons (Fsp3) is 0.200. The Bertz CT molecular complexity index is 962. The number of carbonyl (C=O) groups is 2. The molecular formula is C20H21N3O3. The van der Waals surface area contributed by atoms with E-state index in [4.69, 9.17) is 0 Å². The van der Waals surface area contributed by atoms with Crippen molar-refractivity contribution >= 4 is 34.8 Å². The van der Waals surface area contributed by atoms with E-state index < -0.39 is 12.0 Å². The molecular weight excluding hydrogens is 330 g/mol. The van der Waals surface area contributed by atoms with Crippen LogP contribution in [0.15, 0.2) is 42.5 Å². The van der Waals surface area contributed by atoms with Gasteiger partial charge in [-0.1, -0.05) is 43.3 Å². The van der Waals surface area contributed by atoms with Crippen molar-refractivity contribution in [2.24, 2.45) is 0 Å². The molecule has 6 nitrogen and oxygen atoms in total. The third-order valence-corrected chi connectivity index (χ3v) is 4.45. The van der Waals surface area contributed by atoms with Crippen molar-refractivity contribution in [3.05, 3.63) is 48.0 Å². The molecule has 4 N–H and O–H groups in total. The number of carbonyl (C=O) groups excluding carboxylic acids is 1. The van der Waals surface area contributed by atoms with E-state index in [1.807, 2.05) is 30.3 Å². The van der Waals surface area contributed by atoms with E-state index in [1.54, 1.807) is 6.92 Å². The summed E-state index contributed by atoms with van der Waals surface area (Å²) >= 11 is 0. The minimum Gasteiger partial charge on any atom is -0.480 e. The van der Waals surface area contributed by atoms with Crippen LogP contribution in [0.25, 0.3) is 22.0 Å². The highest BCUT2D eigenvalue weighted by molar-refractivity contribution is 6.10. The molecule has 0 aliphatic rings. The van der Waals surface area contributed by atoms with Crippen molar-refractivity contribution in [3.63, 3.8) is 0 Å². The van der Waals surface area contributed by atoms with E-state index in [2.05, 4.69) is 34.7 Å². The first-order chi connectivity index (χ1) is 12.6. The van der Waals surface area contributed by atoms with E-state index in [1.165, 1.54) is 5.56 Å². The number of aromatic nitrogens is 1. The van der Waals surface area contributed by atoms with Crippen molar-refractivity contribution in [2.75, 3.05) is 10.6 Å². The van der Waals surface area contributed by atoms with Crippen molar-refractivity contribution in [1.29, 1.82) is 0 Å². The fourth-order valence-electron chi connectivity index (χ4n) is 3.15. The maximum absolute atomic E-state index is 11.3. The Balaban J connectivity index is 2.27. The zero-order valence-electron chi connectivity index (χ0n) is 14.7. The maximum atomic E-state index is 11.3. The third kappa shape index (κ3) is 3.13. The predicted molar refractivity (Wildman–Crippen MR) is 104 cm³/mol. The number of fused-ring (bicyclic) bond motifs is 1. The number of carboxylic acids is 1. The van der Waals surface area contributed by atoms with Gasteiger partial charge >= 0.3 is 5.97 Å². The highest BCUT2D eigenvalue weighted by atomic mass is 16.4. The van der Waals surface area contributed by atoms with Gasteiger partial charge in [-0.05, 0) is 36.1 Å². The number of carboxylic acid groups (broad SMARTS) is 1. The molecule has 0 spiro atoms. The van der Waals surface area contributed by atoms with Gasteiger partial charge < -0.3 is 20.7 Å². The standard InChI is InChI=1S/C20H21N3O3/c1-3-13-7-4-5-8-14(13)15-9-6-10-16-17(15)18(19(23-16)21-11-24)22-12(2)20(25)26/h4-12,22-23H,3H2,1-2H3,(H,21,24)(H,25,26)/t12-/m0/s1. The lowest BCUT2D eigenvalue weighted by atomic mass is 9.95. The first-order valence-electron chi connectivity index (χ1n) is 8.49. The highest BCUT2D eigenvalue weighted by Gasteiger charge is 2.20. The van der Waals surface area contributed by atoms with Crippen LogP contribution in [0.1, 0.15) is 19.4 Å². The van der Waals surface area contributed by atoms with Crippen LogP contribution in [0, 0.1) is 0 Å². The summed E-state index contributed by atoms with van der Waals surface area (Å²) in [6.45, 7) is 3.66. The summed E-state index contributed by atoms with van der Waals surface area (Å²) in [6.07, 6.45) is 1.45. The van der Waals surface area contributed by atoms with Crippen LogP contribution in [0.2, 0.25) is 0 Å². The van der Waals surface area contributed by atoms with Crippen molar-refractivity contribution in [2.45, 2.75) is 26.3 Å². The average molecular weight is 351 g/mol. The van der Waals surface area contributed by atoms with Gasteiger partial charge in [-0.15, -0.1) is 0 Å². The van der Waals surface area contributed by atoms with Gasteiger partial charge in [0.15, 0.2) is 0 Å². The molecule has 26 heavy (non-hydrogen) atoms. The highest BCUT2D eigenvalue weighted by Crippen LogP contribution is 2.40. The quantitative estimate of drug-likeness (QED) is 0.486. The number of amides is 1. The molecule has 1 amide bonds. The second kappa shape index (κ2) is 7.31. The van der Waals surface area contributed by atoms with Crippen LogP contribution in [0.4, 0.5) is 11.5 Å². The van der Waals surface area contributed by atoms with Gasteiger partial charge in [-0.2, -0.15) is 0 Å². The summed E-state index contributed by atoms with van der Waals surface area (Å²) in [5, 5.41) is 15.8. The van der Waals surface area contributed by atoms with Crippen molar-refractivity contribution in [3.8, 4) is 11.1 Å². The number of benzene rings is 2. The van der Waals surface area contributed by atoms with Gasteiger partial charge in [0.05, 0.1) is 5.69 Å². The molecule has 3 rings (SSSR count). The van der Waals surface area contributed by atoms with Crippen molar-refractivity contribution in [1.82, 2.24) is 4.98 Å². The molecule has 3 aromatic rings. The van der Waals surface area contributed by atoms with Gasteiger partial charge in [0, 0.05) is 10.9 Å². The largest absolute Gasteiger partial charge is 0.480 e. The second-order valence-corrected chi connectivity index (χ2v) is 6.08. The molecule has 134 valence electrons. The SMILES string of the molecule is CCc1ccccc1-c1cccc2[nH]c(NC=O)c(N[C@@H](C)C(=O)O)c12. The number of nitrogens with one attached hydrogen (secondary N) is 3. The Hall–Kier alpha value is -3.28. The Kier molecular flexibility index (Phi) is 4.93. The van der Waals surface area contributed by atoms with E-state index in [-0.39, 0.29) is 0 Å². The number of aryl methyl sites for hydroxylation is 1. The molecule has 0 fully saturated rings. The predicted octanol–water partition coefficient (Wildman–Crippen LogP) is 3.85. The molecule has 1 aromatic heterocycles. The van der Waals surface area contributed by atoms with Gasteiger partial charge in [0.2, 0.25) is 6.41 Å². The van der Waals surface area contributed by atoms with Gasteiger partial charge in [-0.25, -0.2) is 0 Å². The topological polar surface area (TPSA) is 94.2 Å². The lowest BCUT2D eigenvalue weighted by Gasteiger charge is -2.14. The molecule has 0 saturated heterocycles. The summed E-state index contributed by atoms with van der Waals surface area (Å²) in [6, 6.07) is 13.2. The van der Waals surface area contributed by atoms with Crippen LogP contribution in [-0.2, 0) is 16.0 Å². The molecule has 0 aliphatic carbocycles. The third-order valence-electron chi connectivity index (χ3n) is 4.45. The first-order valence-corrected chi connectivity index (χ1v) is 8.49. The zero-order chi connectivity index (χ0) is 18.7. The number of aliphatic carboxylic acids is 1. The summed E-state index contributed by atoms with van der Waals surface area (Å²) in [5.74, 6) is -0.521. The van der Waals surface area contributed by atoms with Crippen LogP contribution in [0.3, 0.4) is 0 Å². The monoisotopic (exact) mass is 351 g/mol. The number of hydrogen-bond donors (Lipinski definition) is 4. The molecule has 0 bridgehead atoms. The normalized spacial score (nSPS) is 11.9.